The van der Waals surface area contributed by atoms with Crippen LogP contribution in [0.15, 0.2) is 47.1 Å². The number of hydrogen-bond donors (Lipinski definition) is 0. The summed E-state index contributed by atoms with van der Waals surface area (Å²) in [5, 5.41) is 10.5. The van der Waals surface area contributed by atoms with E-state index >= 15 is 0 Å². The molecule has 0 amide bonds. The van der Waals surface area contributed by atoms with Crippen molar-refractivity contribution >= 4 is 11.4 Å². The molecule has 2 aromatic rings. The lowest BCUT2D eigenvalue weighted by atomic mass is 10.2. The molecule has 0 atom stereocenters. The van der Waals surface area contributed by atoms with Crippen molar-refractivity contribution in [3.63, 3.8) is 0 Å². The number of non-ortho nitro benzene ring substituents is 1. The van der Waals surface area contributed by atoms with E-state index in [0.29, 0.717) is 6.54 Å². The second-order valence-corrected chi connectivity index (χ2v) is 3.71. The quantitative estimate of drug-likeness (QED) is 0.600. The molecule has 0 aliphatic carbocycles. The van der Waals surface area contributed by atoms with E-state index in [4.69, 9.17) is 4.42 Å². The highest BCUT2D eigenvalue weighted by Gasteiger charge is 2.07. The van der Waals surface area contributed by atoms with Gasteiger partial charge < -0.3 is 9.32 Å². The predicted octanol–water partition coefficient (Wildman–Crippen LogP) is 2.82. The number of nitro groups is 1. The van der Waals surface area contributed by atoms with Crippen LogP contribution in [0, 0.1) is 10.1 Å². The fourth-order valence-corrected chi connectivity index (χ4v) is 1.56. The number of nitrogens with zero attached hydrogens (tertiary/aromatic N) is 2. The number of nitro benzene ring substituents is 1. The van der Waals surface area contributed by atoms with Gasteiger partial charge in [-0.05, 0) is 24.3 Å². The molecular formula is C12H12N2O3. The summed E-state index contributed by atoms with van der Waals surface area (Å²) in [5.41, 5.74) is 1.01. The summed E-state index contributed by atoms with van der Waals surface area (Å²) in [7, 11) is 1.91. The fourth-order valence-electron chi connectivity index (χ4n) is 1.56. The van der Waals surface area contributed by atoms with Crippen molar-refractivity contribution in [2.24, 2.45) is 0 Å². The number of benzene rings is 1. The lowest BCUT2D eigenvalue weighted by Gasteiger charge is -2.17. The van der Waals surface area contributed by atoms with Crippen molar-refractivity contribution in [2.45, 2.75) is 6.54 Å². The minimum Gasteiger partial charge on any atom is -0.467 e. The maximum atomic E-state index is 10.5. The Bertz CT molecular complexity index is 491. The van der Waals surface area contributed by atoms with Crippen LogP contribution >= 0.6 is 0 Å². The van der Waals surface area contributed by atoms with Crippen LogP contribution in [0.4, 0.5) is 11.4 Å². The molecular weight excluding hydrogens is 220 g/mol. The van der Waals surface area contributed by atoms with Crippen molar-refractivity contribution in [1.29, 1.82) is 0 Å². The van der Waals surface area contributed by atoms with Gasteiger partial charge in [0.1, 0.15) is 5.76 Å². The van der Waals surface area contributed by atoms with E-state index in [1.807, 2.05) is 24.1 Å². The zero-order valence-corrected chi connectivity index (χ0v) is 9.37. The van der Waals surface area contributed by atoms with Gasteiger partial charge in [0.2, 0.25) is 0 Å². The lowest BCUT2D eigenvalue weighted by Crippen LogP contribution is -2.15. The molecule has 0 unspecified atom stereocenters. The van der Waals surface area contributed by atoms with E-state index in [1.165, 1.54) is 12.1 Å². The molecule has 1 aromatic heterocycles. The largest absolute Gasteiger partial charge is 0.467 e. The third-order valence-electron chi connectivity index (χ3n) is 2.47. The van der Waals surface area contributed by atoms with Gasteiger partial charge in [0, 0.05) is 24.9 Å². The Kier molecular flexibility index (Phi) is 3.09. The van der Waals surface area contributed by atoms with Crippen LogP contribution in [0.5, 0.6) is 0 Å². The second kappa shape index (κ2) is 4.69. The van der Waals surface area contributed by atoms with E-state index in [9.17, 15) is 10.1 Å². The van der Waals surface area contributed by atoms with Gasteiger partial charge in [-0.25, -0.2) is 0 Å². The molecule has 0 N–H and O–H groups in total. The molecule has 0 fully saturated rings. The predicted molar refractivity (Wildman–Crippen MR) is 63.9 cm³/mol. The van der Waals surface area contributed by atoms with Crippen LogP contribution in [-0.2, 0) is 6.54 Å². The van der Waals surface area contributed by atoms with E-state index in [0.717, 1.165) is 11.4 Å². The molecule has 17 heavy (non-hydrogen) atoms. The summed E-state index contributed by atoms with van der Waals surface area (Å²) >= 11 is 0. The molecule has 0 aliphatic heterocycles. The van der Waals surface area contributed by atoms with E-state index in [-0.39, 0.29) is 5.69 Å². The van der Waals surface area contributed by atoms with Gasteiger partial charge in [-0.1, -0.05) is 0 Å². The van der Waals surface area contributed by atoms with Gasteiger partial charge in [0.25, 0.3) is 5.69 Å². The van der Waals surface area contributed by atoms with Crippen molar-refractivity contribution in [3.05, 3.63) is 58.5 Å². The summed E-state index contributed by atoms with van der Waals surface area (Å²) in [4.78, 5) is 12.1. The van der Waals surface area contributed by atoms with Crippen LogP contribution in [0.1, 0.15) is 5.76 Å². The van der Waals surface area contributed by atoms with Crippen molar-refractivity contribution in [1.82, 2.24) is 0 Å². The third-order valence-corrected chi connectivity index (χ3v) is 2.47. The number of anilines is 1. The fraction of sp³-hybridized carbons (Fsp3) is 0.167. The summed E-state index contributed by atoms with van der Waals surface area (Å²) in [6.45, 7) is 0.630. The first-order valence-electron chi connectivity index (χ1n) is 5.15. The average Bonchev–Trinajstić information content (AvgIpc) is 2.82. The van der Waals surface area contributed by atoms with Crippen LogP contribution in [-0.4, -0.2) is 12.0 Å². The SMILES string of the molecule is CN(Cc1ccco1)c1ccc([N+](=O)[O-])cc1. The molecule has 0 spiro atoms. The molecule has 1 aromatic carbocycles. The number of hydrogen-bond acceptors (Lipinski definition) is 4. The molecule has 2 rings (SSSR count). The van der Waals surface area contributed by atoms with Crippen molar-refractivity contribution in [3.8, 4) is 0 Å². The van der Waals surface area contributed by atoms with Crippen molar-refractivity contribution in [2.75, 3.05) is 11.9 Å². The molecule has 88 valence electrons. The lowest BCUT2D eigenvalue weighted by molar-refractivity contribution is -0.384. The van der Waals surface area contributed by atoms with Gasteiger partial charge in [-0.3, -0.25) is 10.1 Å². The summed E-state index contributed by atoms with van der Waals surface area (Å²) < 4.78 is 5.24. The first-order chi connectivity index (χ1) is 8.16. The smallest absolute Gasteiger partial charge is 0.269 e. The highest BCUT2D eigenvalue weighted by Crippen LogP contribution is 2.19. The Morgan fingerprint density at radius 2 is 2.00 bits per heavy atom. The van der Waals surface area contributed by atoms with Gasteiger partial charge in [-0.2, -0.15) is 0 Å². The van der Waals surface area contributed by atoms with Gasteiger partial charge in [-0.15, -0.1) is 0 Å². The Balaban J connectivity index is 2.09. The number of rotatable bonds is 4. The maximum Gasteiger partial charge on any atom is 0.269 e. The zero-order valence-electron chi connectivity index (χ0n) is 9.37. The van der Waals surface area contributed by atoms with E-state index in [1.54, 1.807) is 18.4 Å². The van der Waals surface area contributed by atoms with E-state index < -0.39 is 4.92 Å². The summed E-state index contributed by atoms with van der Waals surface area (Å²) in [5.74, 6) is 0.853. The molecule has 0 saturated carbocycles. The third kappa shape index (κ3) is 2.63. The Morgan fingerprint density at radius 3 is 2.53 bits per heavy atom. The normalized spacial score (nSPS) is 10.2. The minimum atomic E-state index is -0.406. The van der Waals surface area contributed by atoms with E-state index in [2.05, 4.69) is 0 Å². The molecule has 0 saturated heterocycles. The van der Waals surface area contributed by atoms with Crippen LogP contribution in [0.2, 0.25) is 0 Å². The highest BCUT2D eigenvalue weighted by molar-refractivity contribution is 5.50. The van der Waals surface area contributed by atoms with Crippen LogP contribution in [0.3, 0.4) is 0 Å². The van der Waals surface area contributed by atoms with Crippen LogP contribution < -0.4 is 4.90 Å². The average molecular weight is 232 g/mol. The molecule has 5 heteroatoms. The molecule has 0 bridgehead atoms. The number of furan rings is 1. The molecule has 0 aliphatic rings. The Labute approximate surface area is 98.4 Å². The maximum absolute atomic E-state index is 10.5. The second-order valence-electron chi connectivity index (χ2n) is 3.71. The van der Waals surface area contributed by atoms with Crippen LogP contribution in [0.25, 0.3) is 0 Å². The minimum absolute atomic E-state index is 0.0974. The monoisotopic (exact) mass is 232 g/mol. The van der Waals surface area contributed by atoms with Crippen molar-refractivity contribution < 1.29 is 9.34 Å². The molecule has 1 heterocycles. The standard InChI is InChI=1S/C12H12N2O3/c1-13(9-12-3-2-8-17-12)10-4-6-11(7-5-10)14(15)16/h2-8H,9H2,1H3. The van der Waals surface area contributed by atoms with Gasteiger partial charge >= 0.3 is 0 Å². The molecule has 0 radical (unpaired) electrons. The first kappa shape index (κ1) is 11.2. The highest BCUT2D eigenvalue weighted by atomic mass is 16.6. The zero-order chi connectivity index (χ0) is 12.3. The molecule has 5 nitrogen and oxygen atoms in total. The topological polar surface area (TPSA) is 59.5 Å². The summed E-state index contributed by atoms with van der Waals surface area (Å²) in [6.07, 6.45) is 1.62. The Hall–Kier alpha value is -2.30. The van der Waals surface area contributed by atoms with Gasteiger partial charge in [0.05, 0.1) is 17.7 Å². The van der Waals surface area contributed by atoms with Gasteiger partial charge in [0.15, 0.2) is 0 Å². The first-order valence-corrected chi connectivity index (χ1v) is 5.15. The summed E-state index contributed by atoms with van der Waals surface area (Å²) in [6, 6.07) is 10.2. The Morgan fingerprint density at radius 1 is 1.29 bits per heavy atom.